The lowest BCUT2D eigenvalue weighted by Gasteiger charge is -2.06. The van der Waals surface area contributed by atoms with Gasteiger partial charge in [0.2, 0.25) is 0 Å². The van der Waals surface area contributed by atoms with Crippen LogP contribution >= 0.6 is 11.6 Å². The molecule has 1 aromatic heterocycles. The number of aliphatic hydroxyl groups is 1. The van der Waals surface area contributed by atoms with Crippen LogP contribution in [0.4, 0.5) is 0 Å². The van der Waals surface area contributed by atoms with E-state index < -0.39 is 0 Å². The van der Waals surface area contributed by atoms with Gasteiger partial charge in [-0.25, -0.2) is 0 Å². The Balaban J connectivity index is 3.05. The van der Waals surface area contributed by atoms with E-state index in [1.165, 1.54) is 0 Å². The van der Waals surface area contributed by atoms with Gasteiger partial charge in [0.15, 0.2) is 0 Å². The van der Waals surface area contributed by atoms with E-state index >= 15 is 0 Å². The van der Waals surface area contributed by atoms with Gasteiger partial charge in [0.1, 0.15) is 0 Å². The van der Waals surface area contributed by atoms with Crippen molar-refractivity contribution in [3.8, 4) is 0 Å². The predicted molar refractivity (Wildman–Crippen MR) is 47.8 cm³/mol. The van der Waals surface area contributed by atoms with Crippen molar-refractivity contribution in [3.63, 3.8) is 0 Å². The Bertz CT molecular complexity index is 276. The second kappa shape index (κ2) is 3.85. The topological polar surface area (TPSA) is 59.1 Å². The molecule has 3 N–H and O–H groups in total. The van der Waals surface area contributed by atoms with Crippen LogP contribution in [0.5, 0.6) is 0 Å². The van der Waals surface area contributed by atoms with Crippen LogP contribution in [0.3, 0.4) is 0 Å². The largest absolute Gasteiger partial charge is 0.390 e. The van der Waals surface area contributed by atoms with Crippen molar-refractivity contribution < 1.29 is 5.11 Å². The molecule has 66 valence electrons. The molecule has 0 bridgehead atoms. The number of aromatic nitrogens is 1. The van der Waals surface area contributed by atoms with Gasteiger partial charge < -0.3 is 10.8 Å². The zero-order valence-corrected chi connectivity index (χ0v) is 7.54. The number of aliphatic hydroxyl groups excluding tert-OH is 1. The van der Waals surface area contributed by atoms with E-state index in [0.29, 0.717) is 10.7 Å². The fourth-order valence-corrected chi connectivity index (χ4v) is 1.03. The Labute approximate surface area is 76.2 Å². The summed E-state index contributed by atoms with van der Waals surface area (Å²) in [5, 5.41) is 9.31. The molecule has 0 radical (unpaired) electrons. The SMILES string of the molecule is CC(N)c1ccc(Cl)c(CO)n1. The van der Waals surface area contributed by atoms with E-state index in [4.69, 9.17) is 22.4 Å². The molecule has 0 saturated heterocycles. The summed E-state index contributed by atoms with van der Waals surface area (Å²) in [5.74, 6) is 0. The van der Waals surface area contributed by atoms with Crippen LogP contribution in [0.25, 0.3) is 0 Å². The fourth-order valence-electron chi connectivity index (χ4n) is 0.866. The number of rotatable bonds is 2. The Morgan fingerprint density at radius 2 is 2.33 bits per heavy atom. The summed E-state index contributed by atoms with van der Waals surface area (Å²) in [4.78, 5) is 4.08. The minimum absolute atomic E-state index is 0.132. The van der Waals surface area contributed by atoms with Crippen molar-refractivity contribution in [2.45, 2.75) is 19.6 Å². The molecule has 0 aromatic carbocycles. The third-order valence-corrected chi connectivity index (χ3v) is 1.90. The average molecular weight is 187 g/mol. The van der Waals surface area contributed by atoms with Crippen molar-refractivity contribution in [3.05, 3.63) is 28.5 Å². The van der Waals surface area contributed by atoms with Crippen LogP contribution in [0.2, 0.25) is 5.02 Å². The van der Waals surface area contributed by atoms with Crippen LogP contribution in [0.15, 0.2) is 12.1 Å². The zero-order chi connectivity index (χ0) is 9.14. The zero-order valence-electron chi connectivity index (χ0n) is 6.79. The van der Waals surface area contributed by atoms with Crippen molar-refractivity contribution in [1.29, 1.82) is 0 Å². The standard InChI is InChI=1S/C8H11ClN2O/c1-5(10)7-3-2-6(9)8(4-12)11-7/h2-3,5,12H,4,10H2,1H3. The minimum atomic E-state index is -0.153. The first-order valence-corrected chi connectivity index (χ1v) is 4.04. The summed E-state index contributed by atoms with van der Waals surface area (Å²) in [7, 11) is 0. The summed E-state index contributed by atoms with van der Waals surface area (Å²) in [6.07, 6.45) is 0. The first kappa shape index (κ1) is 9.45. The Hall–Kier alpha value is -0.640. The highest BCUT2D eigenvalue weighted by molar-refractivity contribution is 6.31. The maximum absolute atomic E-state index is 8.84. The molecule has 0 aliphatic heterocycles. The van der Waals surface area contributed by atoms with Gasteiger partial charge >= 0.3 is 0 Å². The maximum Gasteiger partial charge on any atom is 0.0868 e. The Kier molecular flexibility index (Phi) is 3.03. The molecule has 1 heterocycles. The lowest BCUT2D eigenvalue weighted by Crippen LogP contribution is -2.08. The fraction of sp³-hybridized carbons (Fsp3) is 0.375. The Morgan fingerprint density at radius 1 is 1.67 bits per heavy atom. The normalized spacial score (nSPS) is 13.0. The summed E-state index contributed by atoms with van der Waals surface area (Å²) >= 11 is 5.74. The molecule has 4 heteroatoms. The van der Waals surface area contributed by atoms with Crippen molar-refractivity contribution in [2.24, 2.45) is 5.73 Å². The second-order valence-electron chi connectivity index (χ2n) is 2.61. The molecule has 12 heavy (non-hydrogen) atoms. The van der Waals surface area contributed by atoms with Crippen LogP contribution in [-0.4, -0.2) is 10.1 Å². The highest BCUT2D eigenvalue weighted by Crippen LogP contribution is 2.16. The molecule has 1 atom stereocenters. The molecular weight excluding hydrogens is 176 g/mol. The van der Waals surface area contributed by atoms with Gasteiger partial charge in [0.25, 0.3) is 0 Å². The maximum atomic E-state index is 8.84. The van der Waals surface area contributed by atoms with E-state index in [1.807, 2.05) is 6.92 Å². The molecule has 3 nitrogen and oxygen atoms in total. The first-order valence-electron chi connectivity index (χ1n) is 3.67. The average Bonchev–Trinajstić information content (AvgIpc) is 2.05. The van der Waals surface area contributed by atoms with E-state index in [2.05, 4.69) is 4.98 Å². The van der Waals surface area contributed by atoms with Crippen LogP contribution in [-0.2, 0) is 6.61 Å². The lowest BCUT2D eigenvalue weighted by atomic mass is 10.2. The van der Waals surface area contributed by atoms with Gasteiger partial charge in [0.05, 0.1) is 23.0 Å². The smallest absolute Gasteiger partial charge is 0.0868 e. The third kappa shape index (κ3) is 1.94. The predicted octanol–water partition coefficient (Wildman–Crippen LogP) is 1.25. The van der Waals surface area contributed by atoms with E-state index in [-0.39, 0.29) is 12.6 Å². The number of hydrogen-bond donors (Lipinski definition) is 2. The highest BCUT2D eigenvalue weighted by atomic mass is 35.5. The molecule has 1 rings (SSSR count). The van der Waals surface area contributed by atoms with E-state index in [9.17, 15) is 0 Å². The highest BCUT2D eigenvalue weighted by Gasteiger charge is 2.05. The molecule has 0 amide bonds. The van der Waals surface area contributed by atoms with Crippen LogP contribution in [0, 0.1) is 0 Å². The lowest BCUT2D eigenvalue weighted by molar-refractivity contribution is 0.276. The van der Waals surface area contributed by atoms with E-state index in [0.717, 1.165) is 5.69 Å². The van der Waals surface area contributed by atoms with Gasteiger partial charge in [-0.05, 0) is 19.1 Å². The van der Waals surface area contributed by atoms with Gasteiger partial charge in [-0.15, -0.1) is 0 Å². The van der Waals surface area contributed by atoms with Gasteiger partial charge in [-0.1, -0.05) is 11.6 Å². The van der Waals surface area contributed by atoms with Crippen LogP contribution < -0.4 is 5.73 Å². The van der Waals surface area contributed by atoms with Crippen LogP contribution in [0.1, 0.15) is 24.4 Å². The van der Waals surface area contributed by atoms with Crippen molar-refractivity contribution >= 4 is 11.6 Å². The second-order valence-corrected chi connectivity index (χ2v) is 3.02. The van der Waals surface area contributed by atoms with Gasteiger partial charge in [0, 0.05) is 6.04 Å². The summed E-state index contributed by atoms with van der Waals surface area (Å²) in [6.45, 7) is 1.68. The number of halogens is 1. The molecule has 0 aliphatic rings. The van der Waals surface area contributed by atoms with Gasteiger partial charge in [-0.3, -0.25) is 4.98 Å². The number of pyridine rings is 1. The minimum Gasteiger partial charge on any atom is -0.390 e. The van der Waals surface area contributed by atoms with Gasteiger partial charge in [-0.2, -0.15) is 0 Å². The molecule has 0 fully saturated rings. The number of nitrogens with zero attached hydrogens (tertiary/aromatic N) is 1. The first-order chi connectivity index (χ1) is 5.65. The molecule has 1 unspecified atom stereocenters. The van der Waals surface area contributed by atoms with Crippen molar-refractivity contribution in [2.75, 3.05) is 0 Å². The summed E-state index contributed by atoms with van der Waals surface area (Å²) < 4.78 is 0. The number of nitrogens with two attached hydrogens (primary N) is 1. The quantitative estimate of drug-likeness (QED) is 0.731. The molecule has 0 saturated carbocycles. The summed E-state index contributed by atoms with van der Waals surface area (Å²) in [5.41, 5.74) is 6.82. The third-order valence-electron chi connectivity index (χ3n) is 1.56. The monoisotopic (exact) mass is 186 g/mol. The molecule has 1 aromatic rings. The summed E-state index contributed by atoms with van der Waals surface area (Å²) in [6, 6.07) is 3.32. The molecular formula is C8H11ClN2O. The Morgan fingerprint density at radius 3 is 2.83 bits per heavy atom. The number of hydrogen-bond acceptors (Lipinski definition) is 3. The molecule has 0 aliphatic carbocycles. The van der Waals surface area contributed by atoms with E-state index in [1.54, 1.807) is 12.1 Å². The molecule has 0 spiro atoms. The van der Waals surface area contributed by atoms with Crippen molar-refractivity contribution in [1.82, 2.24) is 4.98 Å².